The van der Waals surface area contributed by atoms with Crippen LogP contribution in [0.4, 0.5) is 0 Å². The Labute approximate surface area is 192 Å². The summed E-state index contributed by atoms with van der Waals surface area (Å²) < 4.78 is 11.5. The second-order valence-corrected chi connectivity index (χ2v) is 8.39. The van der Waals surface area contributed by atoms with Gasteiger partial charge in [-0.15, -0.1) is 0 Å². The lowest BCUT2D eigenvalue weighted by atomic mass is 9.82. The van der Waals surface area contributed by atoms with Gasteiger partial charge in [0.1, 0.15) is 0 Å². The van der Waals surface area contributed by atoms with Crippen LogP contribution < -0.4 is 15.2 Å². The smallest absolute Gasteiger partial charge is 0.343 e. The number of ether oxygens (including phenoxy) is 2. The van der Waals surface area contributed by atoms with Crippen LogP contribution >= 0.6 is 0 Å². The van der Waals surface area contributed by atoms with Crippen LogP contribution in [0.2, 0.25) is 0 Å². The Morgan fingerprint density at radius 2 is 1.27 bits per heavy atom. The number of carbonyl (C=O) groups is 2. The summed E-state index contributed by atoms with van der Waals surface area (Å²) in [4.78, 5) is 25.7. The molecule has 5 heteroatoms. The van der Waals surface area contributed by atoms with Crippen molar-refractivity contribution in [1.29, 1.82) is 0 Å². The first-order valence-electron chi connectivity index (χ1n) is 10.7. The minimum absolute atomic E-state index is 0.170. The average Bonchev–Trinajstić information content (AvgIpc) is 2.85. The van der Waals surface area contributed by atoms with Crippen LogP contribution in [-0.2, 0) is 5.41 Å². The van der Waals surface area contributed by atoms with Gasteiger partial charge in [-0.25, -0.2) is 9.59 Å². The first-order chi connectivity index (χ1) is 15.9. The van der Waals surface area contributed by atoms with Crippen molar-refractivity contribution in [3.63, 3.8) is 0 Å². The third kappa shape index (κ3) is 4.64. The molecule has 0 fully saturated rings. The van der Waals surface area contributed by atoms with Crippen LogP contribution in [0, 0.1) is 0 Å². The summed E-state index contributed by atoms with van der Waals surface area (Å²) in [6, 6.07) is 26.6. The van der Waals surface area contributed by atoms with Crippen molar-refractivity contribution in [2.24, 2.45) is 5.73 Å². The molecule has 0 aromatic heterocycles. The summed E-state index contributed by atoms with van der Waals surface area (Å²) in [6.45, 7) is 4.55. The van der Waals surface area contributed by atoms with Crippen LogP contribution in [-0.4, -0.2) is 18.5 Å². The molecule has 0 amide bonds. The van der Waals surface area contributed by atoms with E-state index in [1.807, 2.05) is 36.4 Å². The third-order valence-electron chi connectivity index (χ3n) is 5.63. The molecule has 5 nitrogen and oxygen atoms in total. The van der Waals surface area contributed by atoms with E-state index in [0.717, 1.165) is 10.9 Å². The van der Waals surface area contributed by atoms with Gasteiger partial charge in [-0.3, -0.25) is 0 Å². The fourth-order valence-corrected chi connectivity index (χ4v) is 3.65. The molecule has 33 heavy (non-hydrogen) atoms. The quantitative estimate of drug-likeness (QED) is 0.316. The van der Waals surface area contributed by atoms with E-state index in [1.54, 1.807) is 54.6 Å². The molecule has 0 saturated heterocycles. The average molecular weight is 440 g/mol. The number of esters is 2. The minimum Gasteiger partial charge on any atom is -0.419 e. The standard InChI is InChI=1S/C28H25NO4/c1-28(2,18-29)23-15-9-14-22-21(23)16-17-24(32-26(30)19-10-5-3-6-11-19)25(22)33-27(31)20-12-7-4-8-13-20/h3-17H,18,29H2,1-2H3. The van der Waals surface area contributed by atoms with Gasteiger partial charge in [0.15, 0.2) is 11.5 Å². The fraction of sp³-hybridized carbons (Fsp3) is 0.143. The van der Waals surface area contributed by atoms with Crippen LogP contribution in [0.3, 0.4) is 0 Å². The van der Waals surface area contributed by atoms with Gasteiger partial charge < -0.3 is 15.2 Å². The highest BCUT2D eigenvalue weighted by Crippen LogP contribution is 2.40. The first-order valence-corrected chi connectivity index (χ1v) is 10.7. The molecular weight excluding hydrogens is 414 g/mol. The Morgan fingerprint density at radius 1 is 0.697 bits per heavy atom. The number of hydrogen-bond donors (Lipinski definition) is 1. The van der Waals surface area contributed by atoms with Gasteiger partial charge in [0.2, 0.25) is 0 Å². The monoisotopic (exact) mass is 439 g/mol. The van der Waals surface area contributed by atoms with E-state index in [4.69, 9.17) is 15.2 Å². The molecule has 166 valence electrons. The van der Waals surface area contributed by atoms with Crippen LogP contribution in [0.15, 0.2) is 91.0 Å². The maximum absolute atomic E-state index is 12.9. The van der Waals surface area contributed by atoms with E-state index in [1.165, 1.54) is 0 Å². The molecular formula is C28H25NO4. The topological polar surface area (TPSA) is 78.6 Å². The summed E-state index contributed by atoms with van der Waals surface area (Å²) in [5.74, 6) is -0.711. The lowest BCUT2D eigenvalue weighted by Crippen LogP contribution is -2.28. The zero-order chi connectivity index (χ0) is 23.4. The van der Waals surface area contributed by atoms with Crippen LogP contribution in [0.5, 0.6) is 11.5 Å². The maximum atomic E-state index is 12.9. The van der Waals surface area contributed by atoms with Crippen molar-refractivity contribution in [2.75, 3.05) is 6.54 Å². The van der Waals surface area contributed by atoms with Gasteiger partial charge in [-0.2, -0.15) is 0 Å². The summed E-state index contributed by atoms with van der Waals surface area (Å²) in [5.41, 5.74) is 7.54. The molecule has 0 aliphatic rings. The Morgan fingerprint density at radius 3 is 1.85 bits per heavy atom. The second-order valence-electron chi connectivity index (χ2n) is 8.39. The molecule has 2 N–H and O–H groups in total. The number of benzene rings is 4. The first kappa shape index (κ1) is 22.2. The molecule has 0 atom stereocenters. The fourth-order valence-electron chi connectivity index (χ4n) is 3.65. The highest BCUT2D eigenvalue weighted by atomic mass is 16.6. The SMILES string of the molecule is CC(C)(CN)c1cccc2c(OC(=O)c3ccccc3)c(OC(=O)c3ccccc3)ccc12. The second kappa shape index (κ2) is 9.27. The summed E-state index contributed by atoms with van der Waals surface area (Å²) in [6.07, 6.45) is 0. The Hall–Kier alpha value is -3.96. The molecule has 4 aromatic rings. The van der Waals surface area contributed by atoms with Crippen molar-refractivity contribution in [3.05, 3.63) is 108 Å². The van der Waals surface area contributed by atoms with E-state index in [2.05, 4.69) is 13.8 Å². The van der Waals surface area contributed by atoms with Gasteiger partial charge in [-0.1, -0.05) is 74.5 Å². The molecule has 0 spiro atoms. The third-order valence-corrected chi connectivity index (χ3v) is 5.63. The molecule has 0 heterocycles. The van der Waals surface area contributed by atoms with Crippen LogP contribution in [0.1, 0.15) is 40.1 Å². The summed E-state index contributed by atoms with van der Waals surface area (Å²) >= 11 is 0. The van der Waals surface area contributed by atoms with Crippen molar-refractivity contribution >= 4 is 22.7 Å². The maximum Gasteiger partial charge on any atom is 0.343 e. The summed E-state index contributed by atoms with van der Waals surface area (Å²) in [5, 5.41) is 1.54. The molecule has 0 aliphatic carbocycles. The number of hydrogen-bond acceptors (Lipinski definition) is 5. The van der Waals surface area contributed by atoms with Crippen molar-refractivity contribution in [3.8, 4) is 11.5 Å². The van der Waals surface area contributed by atoms with E-state index >= 15 is 0 Å². The Balaban J connectivity index is 1.83. The van der Waals surface area contributed by atoms with Gasteiger partial charge in [0, 0.05) is 17.3 Å². The number of fused-ring (bicyclic) bond motifs is 1. The van der Waals surface area contributed by atoms with Crippen molar-refractivity contribution in [2.45, 2.75) is 19.3 Å². The van der Waals surface area contributed by atoms with E-state index < -0.39 is 11.9 Å². The van der Waals surface area contributed by atoms with Gasteiger partial charge >= 0.3 is 11.9 Å². The van der Waals surface area contributed by atoms with Crippen molar-refractivity contribution in [1.82, 2.24) is 0 Å². The highest BCUT2D eigenvalue weighted by Gasteiger charge is 2.25. The van der Waals surface area contributed by atoms with E-state index in [0.29, 0.717) is 23.1 Å². The number of nitrogens with two attached hydrogens (primary N) is 1. The van der Waals surface area contributed by atoms with Crippen LogP contribution in [0.25, 0.3) is 10.8 Å². The van der Waals surface area contributed by atoms with E-state index in [-0.39, 0.29) is 16.9 Å². The van der Waals surface area contributed by atoms with Gasteiger partial charge in [0.25, 0.3) is 0 Å². The van der Waals surface area contributed by atoms with Gasteiger partial charge in [-0.05, 0) is 41.3 Å². The molecule has 4 rings (SSSR count). The van der Waals surface area contributed by atoms with Gasteiger partial charge in [0.05, 0.1) is 11.1 Å². The lowest BCUT2D eigenvalue weighted by molar-refractivity contribution is 0.0684. The largest absolute Gasteiger partial charge is 0.419 e. The zero-order valence-corrected chi connectivity index (χ0v) is 18.6. The highest BCUT2D eigenvalue weighted by molar-refractivity contribution is 6.00. The molecule has 0 saturated carbocycles. The Kier molecular flexibility index (Phi) is 6.24. The predicted molar refractivity (Wildman–Crippen MR) is 129 cm³/mol. The zero-order valence-electron chi connectivity index (χ0n) is 18.6. The number of carbonyl (C=O) groups excluding carboxylic acids is 2. The number of rotatable bonds is 6. The molecule has 4 aromatic carbocycles. The van der Waals surface area contributed by atoms with E-state index in [9.17, 15) is 9.59 Å². The lowest BCUT2D eigenvalue weighted by Gasteiger charge is -2.25. The molecule has 0 bridgehead atoms. The molecule has 0 unspecified atom stereocenters. The Bertz CT molecular complexity index is 1300. The molecule has 0 radical (unpaired) electrons. The normalized spacial score (nSPS) is 11.2. The summed E-state index contributed by atoms with van der Waals surface area (Å²) in [7, 11) is 0. The minimum atomic E-state index is -0.538. The van der Waals surface area contributed by atoms with Crippen molar-refractivity contribution < 1.29 is 19.1 Å². The predicted octanol–water partition coefficient (Wildman–Crippen LogP) is 5.51. The molecule has 0 aliphatic heterocycles.